The first kappa shape index (κ1) is 30.9. The fourth-order valence-electron chi connectivity index (χ4n) is 4.99. The molecule has 13 heteroatoms. The highest BCUT2D eigenvalue weighted by Gasteiger charge is 2.23. The molecule has 1 aliphatic rings. The van der Waals surface area contributed by atoms with E-state index in [0.29, 0.717) is 74.1 Å². The average Bonchev–Trinajstić information content (AvgIpc) is 3.48. The molecule has 1 aliphatic heterocycles. The molecule has 5 rings (SSSR count). The van der Waals surface area contributed by atoms with E-state index < -0.39 is 5.82 Å². The van der Waals surface area contributed by atoms with Crippen molar-refractivity contribution < 1.29 is 28.2 Å². The van der Waals surface area contributed by atoms with Gasteiger partial charge in [-0.05, 0) is 55.3 Å². The Hall–Kier alpha value is -4.59. The Morgan fingerprint density at radius 2 is 2.07 bits per heavy atom. The van der Waals surface area contributed by atoms with Crippen LogP contribution in [0.5, 0.6) is 5.75 Å². The first-order valence-corrected chi connectivity index (χ1v) is 14.4. The van der Waals surface area contributed by atoms with Crippen LogP contribution < -0.4 is 21.1 Å². The summed E-state index contributed by atoms with van der Waals surface area (Å²) in [6, 6.07) is 10.2. The molecule has 4 aromatic rings. The molecule has 0 radical (unpaired) electrons. The van der Waals surface area contributed by atoms with Gasteiger partial charge in [0, 0.05) is 62.0 Å². The minimum Gasteiger partial charge on any atom is -0.494 e. The molecule has 12 nitrogen and oxygen atoms in total. The minimum absolute atomic E-state index is 0.0124. The van der Waals surface area contributed by atoms with Crippen molar-refractivity contribution in [2.24, 2.45) is 5.73 Å². The van der Waals surface area contributed by atoms with Crippen molar-refractivity contribution in [2.75, 3.05) is 58.4 Å². The van der Waals surface area contributed by atoms with Crippen molar-refractivity contribution >= 4 is 29.0 Å². The van der Waals surface area contributed by atoms with Crippen LogP contribution in [0.3, 0.4) is 0 Å². The Bertz CT molecular complexity index is 1630. The topological polar surface area (TPSA) is 145 Å². The largest absolute Gasteiger partial charge is 0.494 e. The van der Waals surface area contributed by atoms with Gasteiger partial charge in [0.2, 0.25) is 5.91 Å². The molecule has 0 aliphatic carbocycles. The summed E-state index contributed by atoms with van der Waals surface area (Å²) in [6.45, 7) is 4.46. The number of aryl methyl sites for hydroxylation is 1. The highest BCUT2D eigenvalue weighted by molar-refractivity contribution is 5.96. The van der Waals surface area contributed by atoms with Crippen LogP contribution in [0, 0.1) is 12.7 Å². The highest BCUT2D eigenvalue weighted by atomic mass is 19.1. The van der Waals surface area contributed by atoms with Crippen LogP contribution in [-0.4, -0.2) is 90.3 Å². The van der Waals surface area contributed by atoms with Crippen LogP contribution in [0.25, 0.3) is 16.9 Å². The molecule has 2 aromatic heterocycles. The number of carbonyl (C=O) groups is 2. The fraction of sp³-hybridized carbons (Fsp3) is 0.355. The maximum Gasteiger partial charge on any atom is 0.251 e. The second-order valence-electron chi connectivity index (χ2n) is 10.3. The van der Waals surface area contributed by atoms with E-state index in [1.54, 1.807) is 47.8 Å². The molecule has 1 saturated heterocycles. The predicted octanol–water partition coefficient (Wildman–Crippen LogP) is 2.92. The molecule has 2 amide bonds. The lowest BCUT2D eigenvalue weighted by atomic mass is 10.1. The zero-order valence-corrected chi connectivity index (χ0v) is 24.7. The van der Waals surface area contributed by atoms with Crippen LogP contribution in [0.1, 0.15) is 22.3 Å². The van der Waals surface area contributed by atoms with E-state index in [1.807, 2.05) is 17.4 Å². The smallest absolute Gasteiger partial charge is 0.251 e. The van der Waals surface area contributed by atoms with Crippen LogP contribution >= 0.6 is 0 Å². The summed E-state index contributed by atoms with van der Waals surface area (Å²) in [5, 5.41) is 6.17. The molecule has 4 N–H and O–H groups in total. The number of methoxy groups -OCH3 is 1. The zero-order chi connectivity index (χ0) is 31.1. The first-order valence-electron chi connectivity index (χ1n) is 14.4. The summed E-state index contributed by atoms with van der Waals surface area (Å²) in [7, 11) is 1.42. The minimum atomic E-state index is -0.460. The van der Waals surface area contributed by atoms with Crippen LogP contribution in [0.4, 0.5) is 15.9 Å². The summed E-state index contributed by atoms with van der Waals surface area (Å²) in [6.07, 6.45) is 5.48. The normalized spacial score (nSPS) is 14.9. The summed E-state index contributed by atoms with van der Waals surface area (Å²) >= 11 is 0. The highest BCUT2D eigenvalue weighted by Crippen LogP contribution is 2.28. The van der Waals surface area contributed by atoms with Gasteiger partial charge in [-0.2, -0.15) is 0 Å². The van der Waals surface area contributed by atoms with E-state index in [0.717, 1.165) is 11.3 Å². The summed E-state index contributed by atoms with van der Waals surface area (Å²) in [4.78, 5) is 35.8. The van der Waals surface area contributed by atoms with Gasteiger partial charge in [-0.25, -0.2) is 14.4 Å². The first-order chi connectivity index (χ1) is 21.4. The van der Waals surface area contributed by atoms with Crippen molar-refractivity contribution in [3.63, 3.8) is 0 Å². The number of rotatable bonds is 12. The van der Waals surface area contributed by atoms with E-state index in [1.165, 1.54) is 13.2 Å². The van der Waals surface area contributed by atoms with Crippen molar-refractivity contribution in [1.82, 2.24) is 24.6 Å². The maximum absolute atomic E-state index is 14.3. The Balaban J connectivity index is 1.12. The number of anilines is 2. The van der Waals surface area contributed by atoms with Gasteiger partial charge in [0.05, 0.1) is 31.7 Å². The number of morpholine rings is 1. The molecule has 0 spiro atoms. The van der Waals surface area contributed by atoms with E-state index in [-0.39, 0.29) is 30.3 Å². The van der Waals surface area contributed by atoms with Gasteiger partial charge in [-0.15, -0.1) is 0 Å². The van der Waals surface area contributed by atoms with Crippen molar-refractivity contribution in [1.29, 1.82) is 0 Å². The third kappa shape index (κ3) is 7.13. The molecule has 0 saturated carbocycles. The Labute approximate surface area is 254 Å². The van der Waals surface area contributed by atoms with E-state index in [4.69, 9.17) is 19.9 Å². The second-order valence-corrected chi connectivity index (χ2v) is 10.3. The molecule has 1 atom stereocenters. The average molecular weight is 606 g/mol. The van der Waals surface area contributed by atoms with E-state index >= 15 is 0 Å². The Morgan fingerprint density at radius 3 is 2.84 bits per heavy atom. The van der Waals surface area contributed by atoms with E-state index in [2.05, 4.69) is 20.6 Å². The molecule has 1 unspecified atom stereocenters. The monoisotopic (exact) mass is 605 g/mol. The lowest BCUT2D eigenvalue weighted by Gasteiger charge is -2.32. The molecule has 44 heavy (non-hydrogen) atoms. The lowest BCUT2D eigenvalue weighted by molar-refractivity contribution is -0.143. The lowest BCUT2D eigenvalue weighted by Crippen LogP contribution is -2.49. The van der Waals surface area contributed by atoms with Gasteiger partial charge >= 0.3 is 0 Å². The number of fused-ring (bicyclic) bond motifs is 1. The van der Waals surface area contributed by atoms with Gasteiger partial charge in [0.1, 0.15) is 6.61 Å². The maximum atomic E-state index is 14.3. The number of nitrogens with one attached hydrogen (secondary N) is 2. The van der Waals surface area contributed by atoms with Gasteiger partial charge in [0.15, 0.2) is 23.0 Å². The third-order valence-electron chi connectivity index (χ3n) is 7.34. The van der Waals surface area contributed by atoms with Gasteiger partial charge in [-0.3, -0.25) is 14.0 Å². The number of hydrogen-bond acceptors (Lipinski definition) is 9. The predicted molar refractivity (Wildman–Crippen MR) is 163 cm³/mol. The van der Waals surface area contributed by atoms with Crippen LogP contribution in [0.15, 0.2) is 55.0 Å². The number of aromatic nitrogens is 3. The Morgan fingerprint density at radius 1 is 1.20 bits per heavy atom. The fourth-order valence-corrected chi connectivity index (χ4v) is 4.99. The standard InChI is InChI=1S/C31H36FN7O5/c1-20-14-22(37-29-30-36-17-26(39(30)10-9-34-29)21-4-7-27(42-2)25(32)15-21)5-6-24(20)31(41)35-8-3-12-43-19-28(40)38-11-13-44-23(16-33)18-38/h4-7,9-10,14-15,17,23H,3,8,11-13,16,18-19,33H2,1-2H3,(H,34,37)(H,35,41). The molecular weight excluding hydrogens is 569 g/mol. The number of hydrogen-bond donors (Lipinski definition) is 3. The van der Waals surface area contributed by atoms with Crippen molar-refractivity contribution in [2.45, 2.75) is 19.4 Å². The zero-order valence-electron chi connectivity index (χ0n) is 24.7. The number of nitrogens with zero attached hydrogens (tertiary/aromatic N) is 4. The third-order valence-corrected chi connectivity index (χ3v) is 7.34. The molecular formula is C31H36FN7O5. The number of carbonyl (C=O) groups excluding carboxylic acids is 2. The van der Waals surface area contributed by atoms with Crippen LogP contribution in [0.2, 0.25) is 0 Å². The molecule has 0 bridgehead atoms. The molecule has 2 aromatic carbocycles. The quantitative estimate of drug-likeness (QED) is 0.208. The molecule has 1 fully saturated rings. The number of amides is 2. The SMILES string of the molecule is COc1ccc(-c2cnc3c(Nc4ccc(C(=O)NCCCOCC(=O)N5CCOC(CN)C5)c(C)c4)nccn23)cc1F. The molecule has 3 heterocycles. The number of imidazole rings is 1. The summed E-state index contributed by atoms with van der Waals surface area (Å²) in [5.74, 6) is -0.0696. The van der Waals surface area contributed by atoms with Crippen molar-refractivity contribution in [3.8, 4) is 17.0 Å². The summed E-state index contributed by atoms with van der Waals surface area (Å²) < 4.78 is 32.2. The number of ether oxygens (including phenoxy) is 3. The summed E-state index contributed by atoms with van der Waals surface area (Å²) in [5.41, 5.74) is 9.59. The second kappa shape index (κ2) is 14.3. The number of nitrogens with two attached hydrogens (primary N) is 1. The number of benzene rings is 2. The van der Waals surface area contributed by atoms with E-state index in [9.17, 15) is 14.0 Å². The van der Waals surface area contributed by atoms with Gasteiger partial charge in [0.25, 0.3) is 5.91 Å². The number of halogens is 1. The molecule has 232 valence electrons. The Kier molecular flexibility index (Phi) is 10.00. The van der Waals surface area contributed by atoms with Crippen molar-refractivity contribution in [3.05, 3.63) is 71.9 Å². The van der Waals surface area contributed by atoms with Crippen LogP contribution in [-0.2, 0) is 14.3 Å². The van der Waals surface area contributed by atoms with Gasteiger partial charge in [-0.1, -0.05) is 0 Å². The van der Waals surface area contributed by atoms with Gasteiger partial charge < -0.3 is 35.5 Å².